The highest BCUT2D eigenvalue weighted by Crippen LogP contribution is 2.15. The van der Waals surface area contributed by atoms with Gasteiger partial charge in [0.25, 0.3) is 0 Å². The number of amides is 2. The Labute approximate surface area is 158 Å². The number of rotatable bonds is 6. The number of aromatic amines is 1. The average Bonchev–Trinajstić information content (AvgIpc) is 3.35. The molecule has 1 aliphatic rings. The highest BCUT2D eigenvalue weighted by molar-refractivity contribution is 5.89. The zero-order valence-corrected chi connectivity index (χ0v) is 15.2. The quantitative estimate of drug-likeness (QED) is 0.625. The number of urea groups is 1. The Balaban J connectivity index is 1.26. The molecule has 6 heteroatoms. The van der Waals surface area contributed by atoms with Crippen LogP contribution in [-0.4, -0.2) is 35.3 Å². The monoisotopic (exact) mass is 364 g/mol. The molecule has 2 heterocycles. The zero-order valence-electron chi connectivity index (χ0n) is 15.2. The molecule has 0 radical (unpaired) electrons. The van der Waals surface area contributed by atoms with E-state index in [0.717, 1.165) is 54.8 Å². The Morgan fingerprint density at radius 1 is 1.15 bits per heavy atom. The van der Waals surface area contributed by atoms with Crippen molar-refractivity contribution in [3.63, 3.8) is 0 Å². The maximum atomic E-state index is 12.0. The van der Waals surface area contributed by atoms with Crippen molar-refractivity contribution in [2.45, 2.75) is 31.8 Å². The molecule has 27 heavy (non-hydrogen) atoms. The molecule has 1 aliphatic heterocycles. The topological polar surface area (TPSA) is 79.0 Å². The normalized spacial score (nSPS) is 16.5. The number of hydrogen-bond donors (Lipinski definition) is 3. The van der Waals surface area contributed by atoms with Crippen molar-refractivity contribution in [3.8, 4) is 0 Å². The number of nitrogens with zero attached hydrogens (tertiary/aromatic N) is 1. The lowest BCUT2D eigenvalue weighted by molar-refractivity contribution is 0.112. The predicted molar refractivity (Wildman–Crippen MR) is 106 cm³/mol. The Bertz CT molecular complexity index is 865. The van der Waals surface area contributed by atoms with Gasteiger partial charge in [-0.25, -0.2) is 9.78 Å². The molecule has 1 unspecified atom stereocenters. The smallest absolute Gasteiger partial charge is 0.319 e. The number of fused-ring (bicyclic) bond motifs is 1. The molecule has 3 N–H and O–H groups in total. The van der Waals surface area contributed by atoms with Crippen LogP contribution in [0.15, 0.2) is 48.5 Å². The average molecular weight is 364 g/mol. The fourth-order valence-corrected chi connectivity index (χ4v) is 3.33. The van der Waals surface area contributed by atoms with Gasteiger partial charge in [0.05, 0.1) is 17.1 Å². The van der Waals surface area contributed by atoms with Crippen LogP contribution < -0.4 is 10.6 Å². The molecule has 1 aromatic heterocycles. The molecule has 0 bridgehead atoms. The van der Waals surface area contributed by atoms with Crippen LogP contribution in [0.1, 0.15) is 24.2 Å². The van der Waals surface area contributed by atoms with E-state index in [1.807, 2.05) is 48.5 Å². The minimum absolute atomic E-state index is 0.149. The molecule has 2 aromatic carbocycles. The third kappa shape index (κ3) is 4.65. The standard InChI is InChI=1S/C21H24N4O2/c26-21(22-14-17-4-3-13-27-17)23-16-10-7-15(8-11-16)9-12-20-24-18-5-1-2-6-19(18)25-20/h1-2,5-8,10-11,17H,3-4,9,12-14H2,(H,24,25)(H2,22,23,26). The van der Waals surface area contributed by atoms with E-state index < -0.39 is 0 Å². The van der Waals surface area contributed by atoms with E-state index in [4.69, 9.17) is 4.74 Å². The van der Waals surface area contributed by atoms with Crippen LogP contribution >= 0.6 is 0 Å². The number of hydrogen-bond acceptors (Lipinski definition) is 3. The first-order valence-corrected chi connectivity index (χ1v) is 9.45. The van der Waals surface area contributed by atoms with Gasteiger partial charge in [-0.05, 0) is 49.1 Å². The molecular weight excluding hydrogens is 340 g/mol. The van der Waals surface area contributed by atoms with Gasteiger partial charge in [0.2, 0.25) is 0 Å². The molecule has 2 amide bonds. The summed E-state index contributed by atoms with van der Waals surface area (Å²) in [6, 6.07) is 15.8. The summed E-state index contributed by atoms with van der Waals surface area (Å²) in [6.07, 6.45) is 3.98. The zero-order chi connectivity index (χ0) is 18.5. The van der Waals surface area contributed by atoms with Crippen molar-refractivity contribution in [1.82, 2.24) is 15.3 Å². The summed E-state index contributed by atoms with van der Waals surface area (Å²) in [5.74, 6) is 0.993. The van der Waals surface area contributed by atoms with Crippen LogP contribution in [0.25, 0.3) is 11.0 Å². The Kier molecular flexibility index (Phi) is 5.34. The van der Waals surface area contributed by atoms with Gasteiger partial charge in [-0.15, -0.1) is 0 Å². The minimum Gasteiger partial charge on any atom is -0.376 e. The summed E-state index contributed by atoms with van der Waals surface area (Å²) < 4.78 is 5.50. The van der Waals surface area contributed by atoms with Crippen molar-refractivity contribution in [2.24, 2.45) is 0 Å². The summed E-state index contributed by atoms with van der Waals surface area (Å²) in [4.78, 5) is 19.9. The highest BCUT2D eigenvalue weighted by atomic mass is 16.5. The van der Waals surface area contributed by atoms with E-state index in [2.05, 4.69) is 20.6 Å². The molecule has 4 rings (SSSR count). The molecule has 1 saturated heterocycles. The number of carbonyl (C=O) groups is 1. The number of benzene rings is 2. The first-order valence-electron chi connectivity index (χ1n) is 9.45. The highest BCUT2D eigenvalue weighted by Gasteiger charge is 2.16. The molecule has 1 atom stereocenters. The predicted octanol–water partition coefficient (Wildman–Crippen LogP) is 3.65. The molecule has 0 aliphatic carbocycles. The first kappa shape index (κ1) is 17.5. The van der Waals surface area contributed by atoms with Gasteiger partial charge in [0.1, 0.15) is 5.82 Å². The molecular formula is C21H24N4O2. The van der Waals surface area contributed by atoms with E-state index >= 15 is 0 Å². The van der Waals surface area contributed by atoms with E-state index in [1.165, 1.54) is 5.56 Å². The van der Waals surface area contributed by atoms with Crippen LogP contribution in [0.3, 0.4) is 0 Å². The number of imidazole rings is 1. The lowest BCUT2D eigenvalue weighted by Crippen LogP contribution is -2.35. The number of aromatic nitrogens is 2. The summed E-state index contributed by atoms with van der Waals surface area (Å²) in [5, 5.41) is 5.72. The summed E-state index contributed by atoms with van der Waals surface area (Å²) in [6.45, 7) is 1.35. The third-order valence-corrected chi connectivity index (χ3v) is 4.81. The second kappa shape index (κ2) is 8.22. The molecule has 140 valence electrons. The molecule has 6 nitrogen and oxygen atoms in total. The molecule has 0 spiro atoms. The SMILES string of the molecule is O=C(NCC1CCCO1)Nc1ccc(CCc2nc3ccccc3[nH]2)cc1. The van der Waals surface area contributed by atoms with Gasteiger partial charge in [0.15, 0.2) is 0 Å². The number of nitrogens with one attached hydrogen (secondary N) is 3. The van der Waals surface area contributed by atoms with Crippen molar-refractivity contribution >= 4 is 22.8 Å². The van der Waals surface area contributed by atoms with E-state index in [-0.39, 0.29) is 12.1 Å². The summed E-state index contributed by atoms with van der Waals surface area (Å²) in [5.41, 5.74) is 4.07. The third-order valence-electron chi connectivity index (χ3n) is 4.81. The van der Waals surface area contributed by atoms with E-state index in [0.29, 0.717) is 6.54 Å². The van der Waals surface area contributed by atoms with Crippen molar-refractivity contribution in [3.05, 3.63) is 59.9 Å². The second-order valence-electron chi connectivity index (χ2n) is 6.87. The summed E-state index contributed by atoms with van der Waals surface area (Å²) >= 11 is 0. The fraction of sp³-hybridized carbons (Fsp3) is 0.333. The molecule has 1 fully saturated rings. The van der Waals surface area contributed by atoms with Gasteiger partial charge < -0.3 is 20.4 Å². The number of carbonyl (C=O) groups excluding carboxylic acids is 1. The maximum absolute atomic E-state index is 12.0. The van der Waals surface area contributed by atoms with Crippen LogP contribution in [0.5, 0.6) is 0 Å². The lowest BCUT2D eigenvalue weighted by atomic mass is 10.1. The number of anilines is 1. The van der Waals surface area contributed by atoms with Crippen LogP contribution in [-0.2, 0) is 17.6 Å². The summed E-state index contributed by atoms with van der Waals surface area (Å²) in [7, 11) is 0. The van der Waals surface area contributed by atoms with Crippen LogP contribution in [0, 0.1) is 0 Å². The van der Waals surface area contributed by atoms with Crippen LogP contribution in [0.4, 0.5) is 10.5 Å². The van der Waals surface area contributed by atoms with Crippen molar-refractivity contribution < 1.29 is 9.53 Å². The Morgan fingerprint density at radius 2 is 2.00 bits per heavy atom. The van der Waals surface area contributed by atoms with Gasteiger partial charge in [-0.2, -0.15) is 0 Å². The number of aryl methyl sites for hydroxylation is 2. The maximum Gasteiger partial charge on any atom is 0.319 e. The lowest BCUT2D eigenvalue weighted by Gasteiger charge is -2.12. The Morgan fingerprint density at radius 3 is 2.78 bits per heavy atom. The van der Waals surface area contributed by atoms with Crippen LogP contribution in [0.2, 0.25) is 0 Å². The number of ether oxygens (including phenoxy) is 1. The Hall–Kier alpha value is -2.86. The molecule has 0 saturated carbocycles. The minimum atomic E-state index is -0.194. The largest absolute Gasteiger partial charge is 0.376 e. The van der Waals surface area contributed by atoms with Gasteiger partial charge in [0, 0.05) is 25.3 Å². The van der Waals surface area contributed by atoms with Crippen molar-refractivity contribution in [1.29, 1.82) is 0 Å². The second-order valence-corrected chi connectivity index (χ2v) is 6.87. The number of H-pyrrole nitrogens is 1. The molecule has 3 aromatic rings. The van der Waals surface area contributed by atoms with Gasteiger partial charge in [-0.3, -0.25) is 0 Å². The number of para-hydroxylation sites is 2. The van der Waals surface area contributed by atoms with Gasteiger partial charge in [-0.1, -0.05) is 24.3 Å². The first-order chi connectivity index (χ1) is 13.3. The van der Waals surface area contributed by atoms with Gasteiger partial charge >= 0.3 is 6.03 Å². The van der Waals surface area contributed by atoms with Crippen molar-refractivity contribution in [2.75, 3.05) is 18.5 Å². The fourth-order valence-electron chi connectivity index (χ4n) is 3.33. The van der Waals surface area contributed by atoms with E-state index in [1.54, 1.807) is 0 Å². The van der Waals surface area contributed by atoms with E-state index in [9.17, 15) is 4.79 Å².